The zero-order valence-electron chi connectivity index (χ0n) is 14.8. The number of fused-ring (bicyclic) bond motifs is 1. The lowest BCUT2D eigenvalue weighted by Gasteiger charge is -2.13. The highest BCUT2D eigenvalue weighted by atomic mass is 16.2. The topological polar surface area (TPSA) is 66.5 Å². The van der Waals surface area contributed by atoms with Crippen LogP contribution in [-0.4, -0.2) is 35.7 Å². The summed E-state index contributed by atoms with van der Waals surface area (Å²) in [7, 11) is 0. The number of hydrogen-bond donors (Lipinski definition) is 1. The number of rotatable bonds is 7. The molecule has 0 aliphatic carbocycles. The van der Waals surface area contributed by atoms with E-state index in [0.29, 0.717) is 17.7 Å². The van der Waals surface area contributed by atoms with Crippen molar-refractivity contribution in [2.75, 3.05) is 13.1 Å². The van der Waals surface area contributed by atoms with Gasteiger partial charge in [0.2, 0.25) is 5.91 Å². The van der Waals surface area contributed by atoms with E-state index in [2.05, 4.69) is 30.4 Å². The molecule has 2 aromatic carbocycles. The Kier molecular flexibility index (Phi) is 5.46. The molecule has 1 aliphatic rings. The minimum atomic E-state index is -0.321. The van der Waals surface area contributed by atoms with Crippen molar-refractivity contribution in [2.24, 2.45) is 0 Å². The lowest BCUT2D eigenvalue weighted by atomic mass is 10.1. The first-order valence-corrected chi connectivity index (χ1v) is 8.84. The van der Waals surface area contributed by atoms with E-state index in [-0.39, 0.29) is 30.7 Å². The molecule has 0 atom stereocenters. The third kappa shape index (κ3) is 3.99. The molecular formula is C21H22N2O3. The van der Waals surface area contributed by atoms with E-state index in [9.17, 15) is 14.4 Å². The van der Waals surface area contributed by atoms with Gasteiger partial charge in [0.15, 0.2) is 0 Å². The van der Waals surface area contributed by atoms with Crippen LogP contribution in [0.3, 0.4) is 0 Å². The van der Waals surface area contributed by atoms with Crippen LogP contribution in [0.25, 0.3) is 0 Å². The standard InChI is InChI=1S/C21H22N2O3/c1-15-6-4-7-16(14-15)8-5-12-22-19(24)11-13-23-20(25)17-9-2-3-10-18(17)21(23)26/h2-4,6-7,9-10,14H,5,8,11-13H2,1H3,(H,22,24). The Bertz CT molecular complexity index is 810. The average Bonchev–Trinajstić information content (AvgIpc) is 2.88. The highest BCUT2D eigenvalue weighted by Gasteiger charge is 2.34. The van der Waals surface area contributed by atoms with Crippen LogP contribution >= 0.6 is 0 Å². The Balaban J connectivity index is 1.41. The molecule has 0 fully saturated rings. The molecule has 0 radical (unpaired) electrons. The van der Waals surface area contributed by atoms with Crippen molar-refractivity contribution in [3.8, 4) is 0 Å². The summed E-state index contributed by atoms with van der Waals surface area (Å²) in [4.78, 5) is 37.6. The summed E-state index contributed by atoms with van der Waals surface area (Å²) in [5.74, 6) is -0.790. The summed E-state index contributed by atoms with van der Waals surface area (Å²) in [5.41, 5.74) is 3.31. The second-order valence-electron chi connectivity index (χ2n) is 6.50. The van der Waals surface area contributed by atoms with Gasteiger partial charge in [-0.2, -0.15) is 0 Å². The van der Waals surface area contributed by atoms with Crippen molar-refractivity contribution in [3.05, 3.63) is 70.8 Å². The Morgan fingerprint density at radius 1 is 1.00 bits per heavy atom. The molecule has 3 amide bonds. The lowest BCUT2D eigenvalue weighted by Crippen LogP contribution is -2.34. The molecule has 0 saturated carbocycles. The van der Waals surface area contributed by atoms with E-state index < -0.39 is 0 Å². The summed E-state index contributed by atoms with van der Waals surface area (Å²) in [6.07, 6.45) is 1.87. The van der Waals surface area contributed by atoms with Gasteiger partial charge in [0.1, 0.15) is 0 Å². The molecule has 26 heavy (non-hydrogen) atoms. The SMILES string of the molecule is Cc1cccc(CCCNC(=O)CCN2C(=O)c3ccccc3C2=O)c1. The Morgan fingerprint density at radius 3 is 2.35 bits per heavy atom. The maximum Gasteiger partial charge on any atom is 0.261 e. The molecule has 5 nitrogen and oxygen atoms in total. The van der Waals surface area contributed by atoms with Gasteiger partial charge in [-0.3, -0.25) is 19.3 Å². The number of imide groups is 1. The van der Waals surface area contributed by atoms with E-state index in [1.807, 2.05) is 6.07 Å². The summed E-state index contributed by atoms with van der Waals surface area (Å²) in [6.45, 7) is 2.75. The summed E-state index contributed by atoms with van der Waals surface area (Å²) < 4.78 is 0. The number of aryl methyl sites for hydroxylation is 2. The Hall–Kier alpha value is -2.95. The summed E-state index contributed by atoms with van der Waals surface area (Å²) in [5, 5.41) is 2.85. The van der Waals surface area contributed by atoms with E-state index in [1.165, 1.54) is 11.1 Å². The van der Waals surface area contributed by atoms with Crippen LogP contribution in [0.5, 0.6) is 0 Å². The van der Waals surface area contributed by atoms with E-state index >= 15 is 0 Å². The normalized spacial score (nSPS) is 13.0. The van der Waals surface area contributed by atoms with Gasteiger partial charge in [0.05, 0.1) is 11.1 Å². The molecule has 5 heteroatoms. The second kappa shape index (κ2) is 7.95. The maximum atomic E-state index is 12.2. The third-order valence-corrected chi connectivity index (χ3v) is 4.49. The van der Waals surface area contributed by atoms with Gasteiger partial charge in [0, 0.05) is 19.5 Å². The van der Waals surface area contributed by atoms with Gasteiger partial charge < -0.3 is 5.32 Å². The first-order valence-electron chi connectivity index (χ1n) is 8.84. The fourth-order valence-corrected chi connectivity index (χ4v) is 3.13. The van der Waals surface area contributed by atoms with Crippen molar-refractivity contribution < 1.29 is 14.4 Å². The van der Waals surface area contributed by atoms with Crippen LogP contribution in [0.4, 0.5) is 0 Å². The number of hydrogen-bond acceptors (Lipinski definition) is 3. The highest BCUT2D eigenvalue weighted by Crippen LogP contribution is 2.22. The number of carbonyl (C=O) groups is 3. The van der Waals surface area contributed by atoms with Crippen molar-refractivity contribution in [3.63, 3.8) is 0 Å². The largest absolute Gasteiger partial charge is 0.356 e. The van der Waals surface area contributed by atoms with E-state index in [0.717, 1.165) is 17.7 Å². The van der Waals surface area contributed by atoms with Crippen LogP contribution in [-0.2, 0) is 11.2 Å². The number of benzene rings is 2. The Labute approximate surface area is 153 Å². The number of nitrogens with one attached hydrogen (secondary N) is 1. The van der Waals surface area contributed by atoms with Crippen molar-refractivity contribution in [1.29, 1.82) is 0 Å². The molecule has 2 aromatic rings. The van der Waals surface area contributed by atoms with Crippen molar-refractivity contribution in [2.45, 2.75) is 26.2 Å². The smallest absolute Gasteiger partial charge is 0.261 e. The Morgan fingerprint density at radius 2 is 1.69 bits per heavy atom. The van der Waals surface area contributed by atoms with Gasteiger partial charge in [-0.15, -0.1) is 0 Å². The van der Waals surface area contributed by atoms with Crippen LogP contribution in [0.1, 0.15) is 44.7 Å². The average molecular weight is 350 g/mol. The van der Waals surface area contributed by atoms with Crippen LogP contribution in [0.2, 0.25) is 0 Å². The minimum absolute atomic E-state index is 0.107. The molecular weight excluding hydrogens is 328 g/mol. The van der Waals surface area contributed by atoms with Crippen LogP contribution in [0.15, 0.2) is 48.5 Å². The van der Waals surface area contributed by atoms with Gasteiger partial charge in [-0.05, 0) is 37.5 Å². The fraction of sp³-hybridized carbons (Fsp3) is 0.286. The van der Waals surface area contributed by atoms with Gasteiger partial charge in [0.25, 0.3) is 11.8 Å². The van der Waals surface area contributed by atoms with Gasteiger partial charge >= 0.3 is 0 Å². The van der Waals surface area contributed by atoms with Crippen LogP contribution < -0.4 is 5.32 Å². The van der Waals surface area contributed by atoms with Gasteiger partial charge in [-0.1, -0.05) is 42.0 Å². The molecule has 0 bridgehead atoms. The molecule has 1 heterocycles. The predicted octanol–water partition coefficient (Wildman–Crippen LogP) is 2.73. The molecule has 0 saturated heterocycles. The number of amides is 3. The van der Waals surface area contributed by atoms with E-state index in [4.69, 9.17) is 0 Å². The molecule has 3 rings (SSSR count). The zero-order valence-corrected chi connectivity index (χ0v) is 14.8. The number of nitrogens with zero attached hydrogens (tertiary/aromatic N) is 1. The molecule has 1 aliphatic heterocycles. The molecule has 1 N–H and O–H groups in total. The van der Waals surface area contributed by atoms with E-state index in [1.54, 1.807) is 24.3 Å². The lowest BCUT2D eigenvalue weighted by molar-refractivity contribution is -0.121. The molecule has 0 spiro atoms. The van der Waals surface area contributed by atoms with Crippen molar-refractivity contribution in [1.82, 2.24) is 10.2 Å². The fourth-order valence-electron chi connectivity index (χ4n) is 3.13. The third-order valence-electron chi connectivity index (χ3n) is 4.49. The van der Waals surface area contributed by atoms with Crippen LogP contribution in [0, 0.1) is 6.92 Å². The number of carbonyl (C=O) groups excluding carboxylic acids is 3. The summed E-state index contributed by atoms with van der Waals surface area (Å²) >= 11 is 0. The predicted molar refractivity (Wildman–Crippen MR) is 98.9 cm³/mol. The first kappa shape index (κ1) is 17.9. The second-order valence-corrected chi connectivity index (χ2v) is 6.50. The van der Waals surface area contributed by atoms with Gasteiger partial charge in [-0.25, -0.2) is 0 Å². The highest BCUT2D eigenvalue weighted by molar-refractivity contribution is 6.21. The molecule has 134 valence electrons. The molecule has 0 aromatic heterocycles. The monoisotopic (exact) mass is 350 g/mol. The quantitative estimate of drug-likeness (QED) is 0.617. The first-order chi connectivity index (χ1) is 12.6. The van der Waals surface area contributed by atoms with Crippen molar-refractivity contribution >= 4 is 17.7 Å². The maximum absolute atomic E-state index is 12.2. The zero-order chi connectivity index (χ0) is 18.5. The molecule has 0 unspecified atom stereocenters. The summed E-state index contributed by atoms with van der Waals surface area (Å²) in [6, 6.07) is 15.1. The minimum Gasteiger partial charge on any atom is -0.356 e.